The van der Waals surface area contributed by atoms with Crippen LogP contribution in [0.5, 0.6) is 0 Å². The molecule has 0 aliphatic heterocycles. The Morgan fingerprint density at radius 3 is 2.75 bits per heavy atom. The lowest BCUT2D eigenvalue weighted by Crippen LogP contribution is -2.24. The van der Waals surface area contributed by atoms with Gasteiger partial charge >= 0.3 is 0 Å². The predicted octanol–water partition coefficient (Wildman–Crippen LogP) is 3.51. The first-order valence-corrected chi connectivity index (χ1v) is 8.62. The van der Waals surface area contributed by atoms with Crippen LogP contribution in [0.3, 0.4) is 0 Å². The molecule has 2 aromatic rings. The van der Waals surface area contributed by atoms with Crippen molar-refractivity contribution in [1.82, 2.24) is 0 Å². The maximum absolute atomic E-state index is 6.02. The molecule has 4 heteroatoms. The van der Waals surface area contributed by atoms with Gasteiger partial charge in [0, 0.05) is 5.69 Å². The SMILES string of the molecule is NC(=NCCOCc1ccccc1)Nc1cccc2c1CCCC2. The van der Waals surface area contributed by atoms with Crippen LogP contribution in [0.15, 0.2) is 53.5 Å². The van der Waals surface area contributed by atoms with Crippen LogP contribution in [0.1, 0.15) is 29.5 Å². The molecule has 0 aromatic heterocycles. The summed E-state index contributed by atoms with van der Waals surface area (Å²) in [5.74, 6) is 0.456. The molecular weight excluding hydrogens is 298 g/mol. The molecule has 1 aliphatic rings. The highest BCUT2D eigenvalue weighted by atomic mass is 16.5. The van der Waals surface area contributed by atoms with Gasteiger partial charge in [-0.3, -0.25) is 4.99 Å². The van der Waals surface area contributed by atoms with Crippen LogP contribution in [0.25, 0.3) is 0 Å². The van der Waals surface area contributed by atoms with E-state index in [-0.39, 0.29) is 0 Å². The highest BCUT2D eigenvalue weighted by Gasteiger charge is 2.12. The largest absolute Gasteiger partial charge is 0.375 e. The summed E-state index contributed by atoms with van der Waals surface area (Å²) in [7, 11) is 0. The third kappa shape index (κ3) is 4.59. The summed E-state index contributed by atoms with van der Waals surface area (Å²) < 4.78 is 5.62. The van der Waals surface area contributed by atoms with Crippen LogP contribution >= 0.6 is 0 Å². The minimum atomic E-state index is 0.456. The number of aryl methyl sites for hydroxylation is 1. The molecule has 0 fully saturated rings. The summed E-state index contributed by atoms with van der Waals surface area (Å²) in [5, 5.41) is 3.25. The van der Waals surface area contributed by atoms with Gasteiger partial charge in [0.2, 0.25) is 0 Å². The topological polar surface area (TPSA) is 59.6 Å². The second-order valence-electron chi connectivity index (χ2n) is 6.08. The number of hydrogen-bond acceptors (Lipinski definition) is 2. The van der Waals surface area contributed by atoms with E-state index in [0.717, 1.165) is 18.5 Å². The van der Waals surface area contributed by atoms with Crippen molar-refractivity contribution in [3.8, 4) is 0 Å². The van der Waals surface area contributed by atoms with Crippen molar-refractivity contribution in [2.45, 2.75) is 32.3 Å². The molecule has 1 aliphatic carbocycles. The second-order valence-corrected chi connectivity index (χ2v) is 6.08. The minimum Gasteiger partial charge on any atom is -0.375 e. The van der Waals surface area contributed by atoms with Gasteiger partial charge in [0.15, 0.2) is 5.96 Å². The second kappa shape index (κ2) is 8.50. The number of guanidine groups is 1. The summed E-state index contributed by atoms with van der Waals surface area (Å²) in [4.78, 5) is 4.36. The van der Waals surface area contributed by atoms with Crippen molar-refractivity contribution >= 4 is 11.6 Å². The highest BCUT2D eigenvalue weighted by molar-refractivity contribution is 5.93. The Hall–Kier alpha value is -2.33. The van der Waals surface area contributed by atoms with E-state index in [2.05, 4.69) is 40.6 Å². The third-order valence-corrected chi connectivity index (χ3v) is 4.29. The van der Waals surface area contributed by atoms with Gasteiger partial charge in [0.05, 0.1) is 19.8 Å². The van der Waals surface area contributed by atoms with Gasteiger partial charge in [-0.2, -0.15) is 0 Å². The highest BCUT2D eigenvalue weighted by Crippen LogP contribution is 2.27. The third-order valence-electron chi connectivity index (χ3n) is 4.29. The number of anilines is 1. The normalized spacial score (nSPS) is 14.2. The molecular formula is C20H25N3O. The molecule has 126 valence electrons. The number of aliphatic imine (C=N–C) groups is 1. The lowest BCUT2D eigenvalue weighted by molar-refractivity contribution is 0.128. The molecule has 0 saturated carbocycles. The van der Waals surface area contributed by atoms with Crippen LogP contribution in [0.4, 0.5) is 5.69 Å². The Bertz CT molecular complexity index is 683. The van der Waals surface area contributed by atoms with Crippen molar-refractivity contribution in [3.05, 3.63) is 65.2 Å². The van der Waals surface area contributed by atoms with Crippen molar-refractivity contribution in [2.75, 3.05) is 18.5 Å². The zero-order valence-electron chi connectivity index (χ0n) is 14.0. The van der Waals surface area contributed by atoms with Crippen molar-refractivity contribution < 1.29 is 4.74 Å². The van der Waals surface area contributed by atoms with Crippen LogP contribution < -0.4 is 11.1 Å². The van der Waals surface area contributed by atoms with E-state index in [9.17, 15) is 0 Å². The summed E-state index contributed by atoms with van der Waals surface area (Å²) in [6, 6.07) is 16.5. The first-order chi connectivity index (χ1) is 11.8. The van der Waals surface area contributed by atoms with E-state index < -0.39 is 0 Å². The summed E-state index contributed by atoms with van der Waals surface area (Å²) in [6.45, 7) is 1.72. The van der Waals surface area contributed by atoms with E-state index in [1.165, 1.54) is 29.5 Å². The molecule has 3 rings (SSSR count). The van der Waals surface area contributed by atoms with Gasteiger partial charge in [-0.15, -0.1) is 0 Å². The van der Waals surface area contributed by atoms with E-state index in [1.54, 1.807) is 0 Å². The zero-order chi connectivity index (χ0) is 16.6. The van der Waals surface area contributed by atoms with Crippen LogP contribution in [-0.4, -0.2) is 19.1 Å². The van der Waals surface area contributed by atoms with Crippen molar-refractivity contribution in [3.63, 3.8) is 0 Å². The van der Waals surface area contributed by atoms with E-state index in [0.29, 0.717) is 25.7 Å². The van der Waals surface area contributed by atoms with Crippen LogP contribution in [0.2, 0.25) is 0 Å². The Labute approximate surface area is 143 Å². The smallest absolute Gasteiger partial charge is 0.193 e. The van der Waals surface area contributed by atoms with Gasteiger partial charge < -0.3 is 15.8 Å². The zero-order valence-corrected chi connectivity index (χ0v) is 14.0. The van der Waals surface area contributed by atoms with E-state index in [4.69, 9.17) is 10.5 Å². The Kier molecular flexibility index (Phi) is 5.85. The van der Waals surface area contributed by atoms with Gasteiger partial charge in [-0.1, -0.05) is 42.5 Å². The molecule has 0 atom stereocenters. The number of benzene rings is 2. The number of nitrogens with zero attached hydrogens (tertiary/aromatic N) is 1. The molecule has 0 amide bonds. The molecule has 0 heterocycles. The summed E-state index contributed by atoms with van der Waals surface area (Å²) >= 11 is 0. The molecule has 0 unspecified atom stereocenters. The molecule has 24 heavy (non-hydrogen) atoms. The van der Waals surface area contributed by atoms with E-state index >= 15 is 0 Å². The van der Waals surface area contributed by atoms with Gasteiger partial charge in [0.1, 0.15) is 0 Å². The number of fused-ring (bicyclic) bond motifs is 1. The summed E-state index contributed by atoms with van der Waals surface area (Å²) in [5.41, 5.74) is 11.1. The number of ether oxygens (including phenoxy) is 1. The van der Waals surface area contributed by atoms with Crippen LogP contribution in [-0.2, 0) is 24.2 Å². The first kappa shape index (κ1) is 16.5. The first-order valence-electron chi connectivity index (χ1n) is 8.62. The fourth-order valence-corrected chi connectivity index (χ4v) is 3.07. The van der Waals surface area contributed by atoms with Crippen molar-refractivity contribution in [1.29, 1.82) is 0 Å². The summed E-state index contributed by atoms with van der Waals surface area (Å²) in [6.07, 6.45) is 4.80. The van der Waals surface area contributed by atoms with Gasteiger partial charge in [0.25, 0.3) is 0 Å². The molecule has 2 aromatic carbocycles. The standard InChI is InChI=1S/C20H25N3O/c21-20(22-13-14-24-15-16-7-2-1-3-8-16)23-19-12-6-10-17-9-4-5-11-18(17)19/h1-3,6-8,10,12H,4-5,9,11,13-15H2,(H3,21,22,23). The monoisotopic (exact) mass is 323 g/mol. The maximum Gasteiger partial charge on any atom is 0.193 e. The Morgan fingerprint density at radius 2 is 1.88 bits per heavy atom. The average molecular weight is 323 g/mol. The fraction of sp³-hybridized carbons (Fsp3) is 0.350. The predicted molar refractivity (Wildman–Crippen MR) is 99.3 cm³/mol. The molecule has 0 spiro atoms. The average Bonchev–Trinajstić information content (AvgIpc) is 2.63. The Morgan fingerprint density at radius 1 is 1.04 bits per heavy atom. The van der Waals surface area contributed by atoms with Crippen LogP contribution in [0, 0.1) is 0 Å². The molecule has 0 bridgehead atoms. The number of rotatable bonds is 6. The number of nitrogens with one attached hydrogen (secondary N) is 1. The maximum atomic E-state index is 6.02. The molecule has 3 N–H and O–H groups in total. The molecule has 0 saturated heterocycles. The van der Waals surface area contributed by atoms with Gasteiger partial charge in [-0.05, 0) is 48.4 Å². The lowest BCUT2D eigenvalue weighted by Gasteiger charge is -2.19. The molecule has 0 radical (unpaired) electrons. The Balaban J connectivity index is 1.46. The fourth-order valence-electron chi connectivity index (χ4n) is 3.07. The number of hydrogen-bond donors (Lipinski definition) is 2. The van der Waals surface area contributed by atoms with E-state index in [1.807, 2.05) is 18.2 Å². The minimum absolute atomic E-state index is 0.456. The van der Waals surface area contributed by atoms with Gasteiger partial charge in [-0.25, -0.2) is 0 Å². The van der Waals surface area contributed by atoms with Crippen molar-refractivity contribution in [2.24, 2.45) is 10.7 Å². The lowest BCUT2D eigenvalue weighted by atomic mass is 9.90. The number of nitrogens with two attached hydrogens (primary N) is 1. The molecule has 4 nitrogen and oxygen atoms in total. The quantitative estimate of drug-likeness (QED) is 0.486.